The summed E-state index contributed by atoms with van der Waals surface area (Å²) in [6.07, 6.45) is -0.0606. The van der Waals surface area contributed by atoms with E-state index in [9.17, 15) is 9.90 Å². The van der Waals surface area contributed by atoms with Crippen molar-refractivity contribution >= 4 is 8.32 Å². The summed E-state index contributed by atoms with van der Waals surface area (Å²) < 4.78 is 20.1. The van der Waals surface area contributed by atoms with Gasteiger partial charge in [-0.05, 0) is 25.1 Å². The predicted octanol–water partition coefficient (Wildman–Crippen LogP) is 1.59. The molecule has 4 atom stereocenters. The molecule has 1 unspecified atom stereocenters. The SMILES string of the molecule is Cc1cn2c(nc1=O)OC1[C@@H](CO)O[C@@H]2[C@H]1O[Si](C)(C)C(C)(C)C. The molecule has 3 rings (SSSR count). The van der Waals surface area contributed by atoms with Crippen LogP contribution in [0.1, 0.15) is 32.6 Å². The number of nitrogens with zero attached hydrogens (tertiary/aromatic N) is 2. The third-order valence-electron chi connectivity index (χ3n) is 5.31. The van der Waals surface area contributed by atoms with Crippen molar-refractivity contribution in [1.29, 1.82) is 0 Å². The second-order valence-corrected chi connectivity index (χ2v) is 12.8. The van der Waals surface area contributed by atoms with Crippen molar-refractivity contribution in [2.45, 2.75) is 70.4 Å². The number of aromatic nitrogens is 2. The molecule has 24 heavy (non-hydrogen) atoms. The van der Waals surface area contributed by atoms with E-state index in [1.165, 1.54) is 0 Å². The van der Waals surface area contributed by atoms with Gasteiger partial charge >= 0.3 is 6.01 Å². The maximum absolute atomic E-state index is 11.8. The Balaban J connectivity index is 1.99. The van der Waals surface area contributed by atoms with Crippen LogP contribution in [0.25, 0.3) is 0 Å². The first kappa shape index (κ1) is 17.6. The third kappa shape index (κ3) is 2.71. The maximum Gasteiger partial charge on any atom is 0.302 e. The molecule has 0 spiro atoms. The zero-order valence-corrected chi connectivity index (χ0v) is 16.1. The van der Waals surface area contributed by atoms with Crippen molar-refractivity contribution in [2.75, 3.05) is 6.61 Å². The van der Waals surface area contributed by atoms with Gasteiger partial charge < -0.3 is 19.0 Å². The first-order valence-electron chi connectivity index (χ1n) is 8.26. The van der Waals surface area contributed by atoms with Crippen molar-refractivity contribution in [1.82, 2.24) is 9.55 Å². The van der Waals surface area contributed by atoms with Crippen molar-refractivity contribution < 1.29 is 19.0 Å². The van der Waals surface area contributed by atoms with Gasteiger partial charge in [0.15, 0.2) is 20.6 Å². The van der Waals surface area contributed by atoms with E-state index in [2.05, 4.69) is 38.8 Å². The molecular formula is C16H26N2O5Si. The molecule has 2 aliphatic heterocycles. The first-order chi connectivity index (χ1) is 11.0. The molecule has 2 aliphatic rings. The lowest BCUT2D eigenvalue weighted by atomic mass is 10.1. The second kappa shape index (κ2) is 5.65. The fraction of sp³-hybridized carbons (Fsp3) is 0.750. The van der Waals surface area contributed by atoms with Gasteiger partial charge in [0.1, 0.15) is 12.2 Å². The minimum absolute atomic E-state index is 0.0408. The zero-order valence-electron chi connectivity index (χ0n) is 15.1. The minimum atomic E-state index is -2.06. The lowest BCUT2D eigenvalue weighted by Crippen LogP contribution is -2.52. The highest BCUT2D eigenvalue weighted by Gasteiger charge is 2.55. The fourth-order valence-electron chi connectivity index (χ4n) is 2.81. The van der Waals surface area contributed by atoms with E-state index in [0.29, 0.717) is 5.56 Å². The summed E-state index contributed by atoms with van der Waals surface area (Å²) in [5, 5.41) is 9.68. The molecule has 0 amide bonds. The van der Waals surface area contributed by atoms with Crippen LogP contribution < -0.4 is 10.3 Å². The number of ether oxygens (including phenoxy) is 2. The van der Waals surface area contributed by atoms with Crippen LogP contribution >= 0.6 is 0 Å². The Morgan fingerprint density at radius 1 is 1.42 bits per heavy atom. The Morgan fingerprint density at radius 2 is 2.08 bits per heavy atom. The number of aliphatic hydroxyl groups is 1. The Labute approximate surface area is 142 Å². The number of fused-ring (bicyclic) bond motifs is 4. The molecular weight excluding hydrogens is 328 g/mol. The molecule has 1 aromatic rings. The van der Waals surface area contributed by atoms with Crippen LogP contribution in [0, 0.1) is 6.92 Å². The molecule has 0 aromatic carbocycles. The Morgan fingerprint density at radius 3 is 2.67 bits per heavy atom. The smallest absolute Gasteiger partial charge is 0.302 e. The van der Waals surface area contributed by atoms with Crippen LogP contribution in [-0.4, -0.2) is 47.9 Å². The molecule has 1 N–H and O–H groups in total. The van der Waals surface area contributed by atoms with Crippen LogP contribution in [0.15, 0.2) is 11.0 Å². The molecule has 3 heterocycles. The number of aryl methyl sites for hydroxylation is 1. The van der Waals surface area contributed by atoms with E-state index >= 15 is 0 Å². The summed E-state index contributed by atoms with van der Waals surface area (Å²) in [7, 11) is -2.06. The van der Waals surface area contributed by atoms with Gasteiger partial charge in [-0.15, -0.1) is 0 Å². The second-order valence-electron chi connectivity index (χ2n) is 8.09. The Hall–Kier alpha value is -1.22. The van der Waals surface area contributed by atoms with Gasteiger partial charge in [0.25, 0.3) is 5.56 Å². The Bertz CT molecular complexity index is 697. The predicted molar refractivity (Wildman–Crippen MR) is 90.7 cm³/mol. The average Bonchev–Trinajstić information content (AvgIpc) is 2.69. The highest BCUT2D eigenvalue weighted by molar-refractivity contribution is 6.74. The van der Waals surface area contributed by atoms with Crippen LogP contribution in [0.2, 0.25) is 18.1 Å². The van der Waals surface area contributed by atoms with Crippen molar-refractivity contribution in [3.05, 3.63) is 22.1 Å². The van der Waals surface area contributed by atoms with Gasteiger partial charge in [-0.25, -0.2) is 0 Å². The van der Waals surface area contributed by atoms with Crippen molar-refractivity contribution in [3.8, 4) is 6.01 Å². The summed E-state index contributed by atoms with van der Waals surface area (Å²) in [6, 6.07) is 0.228. The molecule has 134 valence electrons. The van der Waals surface area contributed by atoms with Crippen LogP contribution in [-0.2, 0) is 9.16 Å². The minimum Gasteiger partial charge on any atom is -0.455 e. The highest BCUT2D eigenvalue weighted by atomic mass is 28.4. The molecule has 0 saturated carbocycles. The summed E-state index contributed by atoms with van der Waals surface area (Å²) in [4.78, 5) is 15.8. The number of hydrogen-bond donors (Lipinski definition) is 1. The number of aliphatic hydroxyl groups excluding tert-OH is 1. The highest BCUT2D eigenvalue weighted by Crippen LogP contribution is 2.45. The molecule has 2 bridgehead atoms. The van der Waals surface area contributed by atoms with Gasteiger partial charge in [0.05, 0.1) is 6.61 Å². The fourth-order valence-corrected chi connectivity index (χ4v) is 4.09. The van der Waals surface area contributed by atoms with Crippen LogP contribution in [0.4, 0.5) is 0 Å². The van der Waals surface area contributed by atoms with Crippen LogP contribution in [0.5, 0.6) is 6.01 Å². The standard InChI is InChI=1S/C16H26N2O5Si/c1-9-7-18-14-12(23-24(5,6)16(2,3)4)11(10(8-19)21-14)22-15(18)17-13(9)20/h7,10-12,14,19H,8H2,1-6H3/t10-,11?,12+,14-/m1/s1. The monoisotopic (exact) mass is 354 g/mol. The summed E-state index contributed by atoms with van der Waals surface area (Å²) in [5.41, 5.74) is 0.202. The Kier molecular flexibility index (Phi) is 4.14. The van der Waals surface area contributed by atoms with E-state index < -0.39 is 26.8 Å². The molecule has 1 aromatic heterocycles. The largest absolute Gasteiger partial charge is 0.455 e. The van der Waals surface area contributed by atoms with E-state index in [1.54, 1.807) is 17.7 Å². The van der Waals surface area contributed by atoms with Crippen molar-refractivity contribution in [3.63, 3.8) is 0 Å². The number of rotatable bonds is 3. The summed E-state index contributed by atoms with van der Waals surface area (Å²) in [5.74, 6) is 0. The molecule has 8 heteroatoms. The molecule has 0 aliphatic carbocycles. The lowest BCUT2D eigenvalue weighted by Gasteiger charge is -2.42. The third-order valence-corrected chi connectivity index (χ3v) is 9.78. The topological polar surface area (TPSA) is 82.8 Å². The van der Waals surface area contributed by atoms with E-state index in [0.717, 1.165) is 0 Å². The molecule has 7 nitrogen and oxygen atoms in total. The summed E-state index contributed by atoms with van der Waals surface area (Å²) in [6.45, 7) is 12.4. The van der Waals surface area contributed by atoms with Crippen LogP contribution in [0.3, 0.4) is 0 Å². The molecule has 1 saturated heterocycles. The first-order valence-corrected chi connectivity index (χ1v) is 11.2. The van der Waals surface area contributed by atoms with Gasteiger partial charge in [-0.3, -0.25) is 9.36 Å². The maximum atomic E-state index is 11.8. The molecule has 0 radical (unpaired) electrons. The van der Waals surface area contributed by atoms with Gasteiger partial charge in [0, 0.05) is 11.8 Å². The zero-order chi connectivity index (χ0) is 17.9. The quantitative estimate of drug-likeness (QED) is 0.830. The normalized spacial score (nSPS) is 29.3. The van der Waals surface area contributed by atoms with Crippen molar-refractivity contribution in [2.24, 2.45) is 0 Å². The lowest BCUT2D eigenvalue weighted by molar-refractivity contribution is -0.0504. The summed E-state index contributed by atoms with van der Waals surface area (Å²) >= 11 is 0. The van der Waals surface area contributed by atoms with E-state index in [1.807, 2.05) is 0 Å². The van der Waals surface area contributed by atoms with E-state index in [-0.39, 0.29) is 29.3 Å². The van der Waals surface area contributed by atoms with E-state index in [4.69, 9.17) is 13.9 Å². The van der Waals surface area contributed by atoms with Gasteiger partial charge in [-0.1, -0.05) is 20.8 Å². The average molecular weight is 354 g/mol. The van der Waals surface area contributed by atoms with Gasteiger partial charge in [-0.2, -0.15) is 4.98 Å². The number of hydrogen-bond acceptors (Lipinski definition) is 6. The van der Waals surface area contributed by atoms with Gasteiger partial charge in [0.2, 0.25) is 0 Å². The molecule has 1 fully saturated rings.